The number of azide groups is 1. The van der Waals surface area contributed by atoms with Crippen LogP contribution in [0.3, 0.4) is 0 Å². The zero-order valence-electron chi connectivity index (χ0n) is 9.11. The van der Waals surface area contributed by atoms with Crippen molar-refractivity contribution in [3.05, 3.63) is 43.5 Å². The summed E-state index contributed by atoms with van der Waals surface area (Å²) >= 11 is 0. The van der Waals surface area contributed by atoms with Gasteiger partial charge in [-0.3, -0.25) is 14.3 Å². The van der Waals surface area contributed by atoms with Crippen LogP contribution in [0.1, 0.15) is 19.6 Å². The predicted molar refractivity (Wildman–Crippen MR) is 58.5 cm³/mol. The van der Waals surface area contributed by atoms with Crippen molar-refractivity contribution < 1.29 is 4.74 Å². The van der Waals surface area contributed by atoms with Crippen molar-refractivity contribution in [3.63, 3.8) is 0 Å². The van der Waals surface area contributed by atoms with Gasteiger partial charge in [0, 0.05) is 23.6 Å². The van der Waals surface area contributed by atoms with Crippen LogP contribution < -0.4 is 11.2 Å². The Morgan fingerprint density at radius 1 is 1.65 bits per heavy atom. The van der Waals surface area contributed by atoms with Gasteiger partial charge in [-0.2, -0.15) is 0 Å². The molecule has 90 valence electrons. The van der Waals surface area contributed by atoms with E-state index in [1.807, 2.05) is 0 Å². The van der Waals surface area contributed by atoms with Crippen LogP contribution in [0.4, 0.5) is 0 Å². The molecule has 8 heteroatoms. The molecule has 3 unspecified atom stereocenters. The monoisotopic (exact) mass is 237 g/mol. The fourth-order valence-corrected chi connectivity index (χ4v) is 1.83. The van der Waals surface area contributed by atoms with Crippen molar-refractivity contribution in [3.8, 4) is 0 Å². The Balaban J connectivity index is 2.28. The minimum Gasteiger partial charge on any atom is -0.354 e. The van der Waals surface area contributed by atoms with Crippen LogP contribution in [-0.4, -0.2) is 21.7 Å². The molecule has 0 amide bonds. The zero-order valence-corrected chi connectivity index (χ0v) is 9.11. The first-order valence-corrected chi connectivity index (χ1v) is 5.13. The van der Waals surface area contributed by atoms with Gasteiger partial charge in [0.15, 0.2) is 0 Å². The highest BCUT2D eigenvalue weighted by molar-refractivity contribution is 4.89. The minimum absolute atomic E-state index is 0.255. The first kappa shape index (κ1) is 11.4. The van der Waals surface area contributed by atoms with Crippen molar-refractivity contribution in [1.29, 1.82) is 0 Å². The average molecular weight is 237 g/mol. The number of nitrogens with one attached hydrogen (secondary N) is 1. The van der Waals surface area contributed by atoms with Crippen molar-refractivity contribution in [2.24, 2.45) is 5.11 Å². The normalized spacial score (nSPS) is 27.7. The van der Waals surface area contributed by atoms with Gasteiger partial charge in [-0.05, 0) is 12.5 Å². The lowest BCUT2D eigenvalue weighted by molar-refractivity contribution is 0.00612. The highest BCUT2D eigenvalue weighted by atomic mass is 16.5. The largest absolute Gasteiger partial charge is 0.354 e. The molecule has 1 aliphatic heterocycles. The number of aromatic amines is 1. The molecule has 0 aliphatic carbocycles. The summed E-state index contributed by atoms with van der Waals surface area (Å²) in [5, 5.41) is 3.60. The molecule has 0 saturated carbocycles. The van der Waals surface area contributed by atoms with E-state index >= 15 is 0 Å². The second kappa shape index (κ2) is 4.44. The Labute approximate surface area is 95.5 Å². The molecule has 0 aromatic carbocycles. The van der Waals surface area contributed by atoms with Crippen LogP contribution in [0.25, 0.3) is 10.4 Å². The quantitative estimate of drug-likeness (QED) is 0.459. The van der Waals surface area contributed by atoms with Gasteiger partial charge in [0.2, 0.25) is 0 Å². The van der Waals surface area contributed by atoms with E-state index in [0.29, 0.717) is 6.42 Å². The van der Waals surface area contributed by atoms with Crippen molar-refractivity contribution in [1.82, 2.24) is 9.55 Å². The highest BCUT2D eigenvalue weighted by Crippen LogP contribution is 2.29. The number of hydrogen-bond donors (Lipinski definition) is 1. The molecule has 3 atom stereocenters. The molecule has 8 nitrogen and oxygen atoms in total. The first-order valence-electron chi connectivity index (χ1n) is 5.13. The molecule has 17 heavy (non-hydrogen) atoms. The summed E-state index contributed by atoms with van der Waals surface area (Å²) in [6.45, 7) is 1.77. The average Bonchev–Trinajstić information content (AvgIpc) is 2.60. The van der Waals surface area contributed by atoms with Crippen LogP contribution in [0.15, 0.2) is 27.0 Å². The van der Waals surface area contributed by atoms with Crippen LogP contribution in [0.2, 0.25) is 0 Å². The second-order valence-electron chi connectivity index (χ2n) is 3.82. The molecule has 2 heterocycles. The van der Waals surface area contributed by atoms with Gasteiger partial charge in [0.1, 0.15) is 6.23 Å². The Bertz CT molecular complexity index is 570. The highest BCUT2D eigenvalue weighted by Gasteiger charge is 2.32. The lowest BCUT2D eigenvalue weighted by Crippen LogP contribution is -2.31. The number of aromatic nitrogens is 2. The third kappa shape index (κ3) is 2.22. The molecule has 0 bridgehead atoms. The minimum atomic E-state index is -0.531. The van der Waals surface area contributed by atoms with E-state index < -0.39 is 17.5 Å². The second-order valence-corrected chi connectivity index (χ2v) is 3.82. The number of ether oxygens (including phenoxy) is 1. The van der Waals surface area contributed by atoms with Gasteiger partial charge in [0.25, 0.3) is 5.56 Å². The van der Waals surface area contributed by atoms with Crippen molar-refractivity contribution in [2.75, 3.05) is 0 Å². The summed E-state index contributed by atoms with van der Waals surface area (Å²) in [5.74, 6) is 0. The zero-order chi connectivity index (χ0) is 12.4. The maximum absolute atomic E-state index is 11.5. The summed E-state index contributed by atoms with van der Waals surface area (Å²) in [7, 11) is 0. The summed E-state index contributed by atoms with van der Waals surface area (Å²) in [6.07, 6.45) is 1.02. The van der Waals surface area contributed by atoms with Gasteiger partial charge in [-0.25, -0.2) is 4.79 Å². The summed E-state index contributed by atoms with van der Waals surface area (Å²) in [6, 6.07) is 0.944. The van der Waals surface area contributed by atoms with E-state index in [1.54, 1.807) is 6.92 Å². The lowest BCUT2D eigenvalue weighted by Gasteiger charge is -2.12. The fourth-order valence-electron chi connectivity index (χ4n) is 1.83. The number of H-pyrrole nitrogens is 1. The first-order chi connectivity index (χ1) is 8.11. The maximum atomic E-state index is 11.5. The molecular formula is C9H11N5O3. The standard InChI is InChI=1S/C9H11N5O3/c1-5-6(12-13-10)4-8(17-5)14-3-2-7(15)11-9(14)16/h2-3,5-6,8H,4H2,1H3,(H,11,15,16). The van der Waals surface area contributed by atoms with Gasteiger partial charge in [-0.15, -0.1) is 0 Å². The topological polar surface area (TPSA) is 113 Å². The van der Waals surface area contributed by atoms with E-state index in [-0.39, 0.29) is 12.1 Å². The molecule has 1 aromatic heterocycles. The fraction of sp³-hybridized carbons (Fsp3) is 0.556. The van der Waals surface area contributed by atoms with E-state index in [1.165, 1.54) is 16.8 Å². The van der Waals surface area contributed by atoms with Crippen LogP contribution in [0.5, 0.6) is 0 Å². The molecule has 1 aromatic rings. The van der Waals surface area contributed by atoms with Gasteiger partial charge < -0.3 is 4.74 Å². The third-order valence-corrected chi connectivity index (χ3v) is 2.72. The molecule has 0 radical (unpaired) electrons. The maximum Gasteiger partial charge on any atom is 0.330 e. The molecule has 1 fully saturated rings. The Morgan fingerprint density at radius 2 is 2.41 bits per heavy atom. The van der Waals surface area contributed by atoms with E-state index in [2.05, 4.69) is 15.0 Å². The molecule has 0 spiro atoms. The molecule has 1 N–H and O–H groups in total. The van der Waals surface area contributed by atoms with Crippen LogP contribution in [-0.2, 0) is 4.74 Å². The van der Waals surface area contributed by atoms with E-state index in [9.17, 15) is 9.59 Å². The van der Waals surface area contributed by atoms with Gasteiger partial charge in [-0.1, -0.05) is 5.11 Å². The molecule has 1 saturated heterocycles. The number of hydrogen-bond acceptors (Lipinski definition) is 4. The van der Waals surface area contributed by atoms with Crippen LogP contribution in [0, 0.1) is 0 Å². The predicted octanol–water partition coefficient (Wildman–Crippen LogP) is 0.523. The Morgan fingerprint density at radius 3 is 3.06 bits per heavy atom. The Hall–Kier alpha value is -2.05. The van der Waals surface area contributed by atoms with Crippen LogP contribution >= 0.6 is 0 Å². The summed E-state index contributed by atoms with van der Waals surface area (Å²) in [4.78, 5) is 27.3. The third-order valence-electron chi connectivity index (χ3n) is 2.72. The summed E-state index contributed by atoms with van der Waals surface area (Å²) < 4.78 is 6.79. The molecular weight excluding hydrogens is 226 g/mol. The number of nitrogens with zero attached hydrogens (tertiary/aromatic N) is 4. The number of rotatable bonds is 2. The van der Waals surface area contributed by atoms with Crippen molar-refractivity contribution >= 4 is 0 Å². The molecule has 1 aliphatic rings. The van der Waals surface area contributed by atoms with Crippen molar-refractivity contribution in [2.45, 2.75) is 31.7 Å². The smallest absolute Gasteiger partial charge is 0.330 e. The van der Waals surface area contributed by atoms with Gasteiger partial charge in [0.05, 0.1) is 12.1 Å². The summed E-state index contributed by atoms with van der Waals surface area (Å²) in [5.41, 5.74) is 7.39. The van der Waals surface area contributed by atoms with E-state index in [0.717, 1.165) is 0 Å². The van der Waals surface area contributed by atoms with E-state index in [4.69, 9.17) is 10.3 Å². The van der Waals surface area contributed by atoms with Gasteiger partial charge >= 0.3 is 5.69 Å². The lowest BCUT2D eigenvalue weighted by atomic mass is 10.1. The SMILES string of the molecule is CC1OC(n2ccc(=O)[nH]c2=O)CC1N=[N+]=[N-]. The Kier molecular flexibility index (Phi) is 2.99. The molecule has 2 rings (SSSR count).